The van der Waals surface area contributed by atoms with Crippen LogP contribution in [0.25, 0.3) is 5.69 Å². The van der Waals surface area contributed by atoms with Crippen molar-refractivity contribution in [3.8, 4) is 5.69 Å². The van der Waals surface area contributed by atoms with Crippen molar-refractivity contribution in [2.45, 2.75) is 25.8 Å². The van der Waals surface area contributed by atoms with Crippen molar-refractivity contribution < 1.29 is 13.6 Å². The first kappa shape index (κ1) is 17.8. The Morgan fingerprint density at radius 1 is 1.15 bits per heavy atom. The van der Waals surface area contributed by atoms with Crippen LogP contribution in [0.15, 0.2) is 60.9 Å². The van der Waals surface area contributed by atoms with Gasteiger partial charge in [-0.25, -0.2) is 13.5 Å². The number of carbonyl (C=O) groups excluding carboxylic acids is 1. The van der Waals surface area contributed by atoms with Gasteiger partial charge >= 0.3 is 0 Å². The number of halogens is 2. The molecule has 0 aliphatic heterocycles. The topological polar surface area (TPSA) is 46.9 Å². The average molecular weight is 355 g/mol. The first-order chi connectivity index (χ1) is 12.5. The standard InChI is InChI=1S/C20H19F2N3O/c1-14(16-8-9-18(21)19(22)11-16)24-20(26)10-7-15-12-23-25(13-15)17-5-3-2-4-6-17/h2-6,8-9,11-14H,7,10H2,1H3,(H,24,26)/t14-/m0/s1. The van der Waals surface area contributed by atoms with Gasteiger partial charge in [0.1, 0.15) is 0 Å². The molecule has 6 heteroatoms. The van der Waals surface area contributed by atoms with Crippen molar-refractivity contribution in [2.24, 2.45) is 0 Å². The molecule has 1 atom stereocenters. The van der Waals surface area contributed by atoms with Crippen LogP contribution in [0.4, 0.5) is 8.78 Å². The Bertz CT molecular complexity index is 893. The van der Waals surface area contributed by atoms with Crippen molar-refractivity contribution in [1.29, 1.82) is 0 Å². The predicted molar refractivity (Wildman–Crippen MR) is 94.8 cm³/mol. The van der Waals surface area contributed by atoms with Crippen molar-refractivity contribution >= 4 is 5.91 Å². The smallest absolute Gasteiger partial charge is 0.220 e. The zero-order chi connectivity index (χ0) is 18.5. The Labute approximate surface area is 150 Å². The monoisotopic (exact) mass is 355 g/mol. The lowest BCUT2D eigenvalue weighted by molar-refractivity contribution is -0.121. The summed E-state index contributed by atoms with van der Waals surface area (Å²) in [7, 11) is 0. The fourth-order valence-corrected chi connectivity index (χ4v) is 2.65. The average Bonchev–Trinajstić information content (AvgIpc) is 3.12. The minimum atomic E-state index is -0.920. The molecular weight excluding hydrogens is 336 g/mol. The van der Waals surface area contributed by atoms with E-state index in [-0.39, 0.29) is 12.3 Å². The molecular formula is C20H19F2N3O. The van der Waals surface area contributed by atoms with Crippen LogP contribution in [0.3, 0.4) is 0 Å². The van der Waals surface area contributed by atoms with E-state index in [2.05, 4.69) is 10.4 Å². The number of benzene rings is 2. The summed E-state index contributed by atoms with van der Waals surface area (Å²) in [6, 6.07) is 12.9. The molecule has 0 saturated carbocycles. The summed E-state index contributed by atoms with van der Waals surface area (Å²) in [6.07, 6.45) is 4.46. The largest absolute Gasteiger partial charge is 0.350 e. The number of hydrogen-bond acceptors (Lipinski definition) is 2. The highest BCUT2D eigenvalue weighted by molar-refractivity contribution is 5.76. The molecule has 26 heavy (non-hydrogen) atoms. The third-order valence-electron chi connectivity index (χ3n) is 4.12. The second-order valence-corrected chi connectivity index (χ2v) is 6.09. The molecule has 1 N–H and O–H groups in total. The van der Waals surface area contributed by atoms with Crippen molar-refractivity contribution in [3.05, 3.63) is 83.7 Å². The fraction of sp³-hybridized carbons (Fsp3) is 0.200. The van der Waals surface area contributed by atoms with Crippen molar-refractivity contribution in [1.82, 2.24) is 15.1 Å². The second kappa shape index (κ2) is 7.91. The number of para-hydroxylation sites is 1. The quantitative estimate of drug-likeness (QED) is 0.727. The lowest BCUT2D eigenvalue weighted by Crippen LogP contribution is -2.26. The maximum Gasteiger partial charge on any atom is 0.220 e. The maximum atomic E-state index is 13.3. The summed E-state index contributed by atoms with van der Waals surface area (Å²) < 4.78 is 28.0. The van der Waals surface area contributed by atoms with E-state index >= 15 is 0 Å². The van der Waals surface area contributed by atoms with Crippen LogP contribution in [0.2, 0.25) is 0 Å². The van der Waals surface area contributed by atoms with Gasteiger partial charge in [0.05, 0.1) is 17.9 Å². The van der Waals surface area contributed by atoms with Crippen LogP contribution in [-0.4, -0.2) is 15.7 Å². The Morgan fingerprint density at radius 3 is 2.65 bits per heavy atom. The molecule has 1 aromatic heterocycles. The SMILES string of the molecule is C[C@H](NC(=O)CCc1cnn(-c2ccccc2)c1)c1ccc(F)c(F)c1. The normalized spacial score (nSPS) is 12.0. The van der Waals surface area contributed by atoms with E-state index in [0.29, 0.717) is 12.0 Å². The number of aryl methyl sites for hydroxylation is 1. The van der Waals surface area contributed by atoms with Crippen LogP contribution in [0, 0.1) is 11.6 Å². The summed E-state index contributed by atoms with van der Waals surface area (Å²) >= 11 is 0. The highest BCUT2D eigenvalue weighted by Gasteiger charge is 2.12. The summed E-state index contributed by atoms with van der Waals surface area (Å²) in [5, 5.41) is 7.09. The molecule has 1 heterocycles. The predicted octanol–water partition coefficient (Wildman–Crippen LogP) is 3.96. The minimum Gasteiger partial charge on any atom is -0.350 e. The van der Waals surface area contributed by atoms with E-state index in [0.717, 1.165) is 23.4 Å². The molecule has 0 unspecified atom stereocenters. The number of carbonyl (C=O) groups is 1. The van der Waals surface area contributed by atoms with Gasteiger partial charge in [0, 0.05) is 12.6 Å². The zero-order valence-corrected chi connectivity index (χ0v) is 14.3. The van der Waals surface area contributed by atoms with Gasteiger partial charge in [-0.1, -0.05) is 24.3 Å². The lowest BCUT2D eigenvalue weighted by atomic mass is 10.1. The first-order valence-corrected chi connectivity index (χ1v) is 8.36. The summed E-state index contributed by atoms with van der Waals surface area (Å²) in [4.78, 5) is 12.1. The number of nitrogens with one attached hydrogen (secondary N) is 1. The second-order valence-electron chi connectivity index (χ2n) is 6.09. The van der Waals surface area contributed by atoms with E-state index in [1.165, 1.54) is 6.07 Å². The van der Waals surface area contributed by atoms with Crippen molar-refractivity contribution in [2.75, 3.05) is 0 Å². The zero-order valence-electron chi connectivity index (χ0n) is 14.3. The van der Waals surface area contributed by atoms with Crippen LogP contribution < -0.4 is 5.32 Å². The Morgan fingerprint density at radius 2 is 1.92 bits per heavy atom. The number of nitrogens with zero attached hydrogens (tertiary/aromatic N) is 2. The summed E-state index contributed by atoms with van der Waals surface area (Å²) in [5.41, 5.74) is 2.42. The number of amides is 1. The van der Waals surface area contributed by atoms with Gasteiger partial charge in [0.25, 0.3) is 0 Å². The van der Waals surface area contributed by atoms with Crippen LogP contribution in [-0.2, 0) is 11.2 Å². The van der Waals surface area contributed by atoms with E-state index in [4.69, 9.17) is 0 Å². The minimum absolute atomic E-state index is 0.158. The Balaban J connectivity index is 1.54. The molecule has 0 aliphatic rings. The number of rotatable bonds is 6. The van der Waals surface area contributed by atoms with Crippen LogP contribution in [0.1, 0.15) is 30.5 Å². The maximum absolute atomic E-state index is 13.3. The number of aromatic nitrogens is 2. The van der Waals surface area contributed by atoms with Gasteiger partial charge in [-0.15, -0.1) is 0 Å². The third-order valence-corrected chi connectivity index (χ3v) is 4.12. The van der Waals surface area contributed by atoms with Gasteiger partial charge in [-0.3, -0.25) is 4.79 Å². The molecule has 0 bridgehead atoms. The highest BCUT2D eigenvalue weighted by Crippen LogP contribution is 2.16. The molecule has 3 aromatic rings. The molecule has 4 nitrogen and oxygen atoms in total. The van der Waals surface area contributed by atoms with E-state index in [1.807, 2.05) is 36.5 Å². The highest BCUT2D eigenvalue weighted by atomic mass is 19.2. The van der Waals surface area contributed by atoms with Gasteiger partial charge in [0.2, 0.25) is 5.91 Å². The summed E-state index contributed by atoms with van der Waals surface area (Å²) in [5.74, 6) is -1.98. The molecule has 0 radical (unpaired) electrons. The van der Waals surface area contributed by atoms with E-state index < -0.39 is 17.7 Å². The Kier molecular flexibility index (Phi) is 5.41. The molecule has 0 spiro atoms. The molecule has 134 valence electrons. The summed E-state index contributed by atoms with van der Waals surface area (Å²) in [6.45, 7) is 1.73. The van der Waals surface area contributed by atoms with E-state index in [9.17, 15) is 13.6 Å². The lowest BCUT2D eigenvalue weighted by Gasteiger charge is -2.14. The van der Waals surface area contributed by atoms with E-state index in [1.54, 1.807) is 17.8 Å². The molecule has 1 amide bonds. The molecule has 3 rings (SSSR count). The molecule has 0 fully saturated rings. The van der Waals surface area contributed by atoms with Crippen LogP contribution in [0.5, 0.6) is 0 Å². The Hall–Kier alpha value is -3.02. The van der Waals surface area contributed by atoms with Gasteiger partial charge in [-0.05, 0) is 48.7 Å². The van der Waals surface area contributed by atoms with Gasteiger partial charge in [-0.2, -0.15) is 5.10 Å². The number of hydrogen-bond donors (Lipinski definition) is 1. The van der Waals surface area contributed by atoms with Gasteiger partial charge < -0.3 is 5.32 Å². The molecule has 2 aromatic carbocycles. The van der Waals surface area contributed by atoms with Gasteiger partial charge in [0.15, 0.2) is 11.6 Å². The first-order valence-electron chi connectivity index (χ1n) is 8.36. The fourth-order valence-electron chi connectivity index (χ4n) is 2.65. The third kappa shape index (κ3) is 4.33. The van der Waals surface area contributed by atoms with Crippen molar-refractivity contribution in [3.63, 3.8) is 0 Å². The van der Waals surface area contributed by atoms with Crippen LogP contribution >= 0.6 is 0 Å². The molecule has 0 saturated heterocycles. The molecule has 0 aliphatic carbocycles.